The van der Waals surface area contributed by atoms with Crippen molar-refractivity contribution in [1.29, 1.82) is 0 Å². The molecule has 33 heavy (non-hydrogen) atoms. The zero-order chi connectivity index (χ0) is 22.9. The number of esters is 1. The maximum Gasteiger partial charge on any atom is 0.379 e. The fraction of sp³-hybridized carbons (Fsp3) is 0.0800. The lowest BCUT2D eigenvalue weighted by molar-refractivity contribution is -0.122. The van der Waals surface area contributed by atoms with Crippen LogP contribution >= 0.6 is 24.0 Å². The number of thiocarbonyl (C=S) groups is 1. The third-order valence-electron chi connectivity index (χ3n) is 5.19. The predicted octanol–water partition coefficient (Wildman–Crippen LogP) is 5.95. The first-order valence-electron chi connectivity index (χ1n) is 10.1. The summed E-state index contributed by atoms with van der Waals surface area (Å²) >= 11 is 6.60. The first-order valence-corrected chi connectivity index (χ1v) is 11.3. The summed E-state index contributed by atoms with van der Waals surface area (Å²) < 4.78 is 16.9. The summed E-state index contributed by atoms with van der Waals surface area (Å²) in [4.78, 5) is 27.4. The lowest BCUT2D eigenvalue weighted by atomic mass is 10.1. The first-order chi connectivity index (χ1) is 16.0. The van der Waals surface area contributed by atoms with E-state index >= 15 is 0 Å². The minimum absolute atomic E-state index is 0.169. The lowest BCUT2D eigenvalue weighted by Crippen LogP contribution is -2.27. The second-order valence-electron chi connectivity index (χ2n) is 7.36. The monoisotopic (exact) mass is 475 g/mol. The number of nitrogens with zero attached hydrogens (tertiary/aromatic N) is 1. The van der Waals surface area contributed by atoms with E-state index in [0.29, 0.717) is 32.9 Å². The van der Waals surface area contributed by atoms with E-state index in [0.717, 1.165) is 16.5 Å². The number of amides is 1. The Hall–Kier alpha value is -3.62. The van der Waals surface area contributed by atoms with Gasteiger partial charge in [0.15, 0.2) is 0 Å². The third-order valence-corrected chi connectivity index (χ3v) is 6.56. The fourth-order valence-electron chi connectivity index (χ4n) is 3.50. The van der Waals surface area contributed by atoms with Crippen LogP contribution in [0.15, 0.2) is 80.7 Å². The second-order valence-corrected chi connectivity index (χ2v) is 9.03. The second kappa shape index (κ2) is 8.73. The van der Waals surface area contributed by atoms with Crippen LogP contribution in [0.4, 0.5) is 0 Å². The standard InChI is InChI=1S/C25H17NO5S2/c1-15-19-6-2-3-7-20(19)31-22(15)24(28)30-17-10-8-16(9-11-17)13-21-23(27)26(25(32)33-21)14-18-5-4-12-29-18/h2-13H,14H2,1H3/b21-13-. The Morgan fingerprint density at radius 2 is 1.91 bits per heavy atom. The SMILES string of the molecule is Cc1c(C(=O)Oc2ccc(/C=C3\SC(=S)N(Cc4ccco4)C3=O)cc2)oc2ccccc12. The molecular weight excluding hydrogens is 458 g/mol. The number of carbonyl (C=O) groups is 2. The van der Waals surface area contributed by atoms with Gasteiger partial charge in [-0.3, -0.25) is 9.69 Å². The number of hydrogen-bond donors (Lipinski definition) is 0. The number of rotatable bonds is 5. The molecule has 0 unspecified atom stereocenters. The molecule has 1 aliphatic heterocycles. The van der Waals surface area contributed by atoms with Gasteiger partial charge in [0.25, 0.3) is 5.91 Å². The molecule has 0 bridgehead atoms. The van der Waals surface area contributed by atoms with Gasteiger partial charge in [0, 0.05) is 10.9 Å². The number of aryl methyl sites for hydroxylation is 1. The highest BCUT2D eigenvalue weighted by atomic mass is 32.2. The molecule has 1 saturated heterocycles. The summed E-state index contributed by atoms with van der Waals surface area (Å²) in [6.45, 7) is 2.12. The van der Waals surface area contributed by atoms with Crippen molar-refractivity contribution in [1.82, 2.24) is 4.90 Å². The number of thioether (sulfide) groups is 1. The molecule has 1 aliphatic rings. The smallest absolute Gasteiger partial charge is 0.379 e. The molecule has 164 valence electrons. The van der Waals surface area contributed by atoms with Crippen molar-refractivity contribution < 1.29 is 23.2 Å². The Labute approximate surface area is 198 Å². The van der Waals surface area contributed by atoms with Crippen molar-refractivity contribution >= 4 is 57.2 Å². The Morgan fingerprint density at radius 3 is 2.64 bits per heavy atom. The molecule has 0 atom stereocenters. The van der Waals surface area contributed by atoms with E-state index in [2.05, 4.69) is 0 Å². The molecule has 1 fully saturated rings. The molecule has 0 radical (unpaired) electrons. The Morgan fingerprint density at radius 1 is 1.12 bits per heavy atom. The van der Waals surface area contributed by atoms with Crippen molar-refractivity contribution in [2.24, 2.45) is 0 Å². The minimum atomic E-state index is -0.560. The third kappa shape index (κ3) is 4.22. The highest BCUT2D eigenvalue weighted by molar-refractivity contribution is 8.26. The summed E-state index contributed by atoms with van der Waals surface area (Å²) in [6, 6.07) is 17.9. The molecule has 2 aromatic heterocycles. The summed E-state index contributed by atoms with van der Waals surface area (Å²) in [5, 5.41) is 0.879. The van der Waals surface area contributed by atoms with Crippen molar-refractivity contribution in [3.05, 3.63) is 94.5 Å². The van der Waals surface area contributed by atoms with Crippen molar-refractivity contribution in [3.8, 4) is 5.75 Å². The topological polar surface area (TPSA) is 72.9 Å². The largest absolute Gasteiger partial charge is 0.467 e. The zero-order valence-electron chi connectivity index (χ0n) is 17.4. The lowest BCUT2D eigenvalue weighted by Gasteiger charge is -2.11. The minimum Gasteiger partial charge on any atom is -0.467 e. The number of hydrogen-bond acceptors (Lipinski definition) is 7. The Balaban J connectivity index is 1.29. The van der Waals surface area contributed by atoms with Crippen LogP contribution in [-0.2, 0) is 11.3 Å². The van der Waals surface area contributed by atoms with Crippen LogP contribution in [0, 0.1) is 6.92 Å². The molecule has 1 amide bonds. The number of benzene rings is 2. The number of carbonyl (C=O) groups excluding carboxylic acids is 2. The van der Waals surface area contributed by atoms with Crippen molar-refractivity contribution in [2.75, 3.05) is 0 Å². The molecule has 5 rings (SSSR count). The average Bonchev–Trinajstić information content (AvgIpc) is 3.51. The van der Waals surface area contributed by atoms with Crippen molar-refractivity contribution in [3.63, 3.8) is 0 Å². The quantitative estimate of drug-likeness (QED) is 0.153. The normalized spacial score (nSPS) is 15.1. The number of ether oxygens (including phenoxy) is 1. The van der Waals surface area contributed by atoms with E-state index in [1.165, 1.54) is 16.7 Å². The van der Waals surface area contributed by atoms with Gasteiger partial charge < -0.3 is 13.6 Å². The van der Waals surface area contributed by atoms with Crippen LogP contribution in [0.5, 0.6) is 5.75 Å². The van der Waals surface area contributed by atoms with Gasteiger partial charge in [0.05, 0.1) is 17.7 Å². The molecule has 3 heterocycles. The summed E-state index contributed by atoms with van der Waals surface area (Å²) in [7, 11) is 0. The molecule has 8 heteroatoms. The Kier molecular flexibility index (Phi) is 5.62. The zero-order valence-corrected chi connectivity index (χ0v) is 19.1. The van der Waals surface area contributed by atoms with E-state index in [1.54, 1.807) is 48.7 Å². The summed E-state index contributed by atoms with van der Waals surface area (Å²) in [5.74, 6) is 0.494. The van der Waals surface area contributed by atoms with E-state index < -0.39 is 5.97 Å². The Bertz CT molecular complexity index is 1400. The van der Waals surface area contributed by atoms with E-state index in [4.69, 9.17) is 25.8 Å². The first kappa shape index (κ1) is 21.2. The van der Waals surface area contributed by atoms with Gasteiger partial charge in [0.2, 0.25) is 5.76 Å². The van der Waals surface area contributed by atoms with Gasteiger partial charge in [-0.25, -0.2) is 4.79 Å². The predicted molar refractivity (Wildman–Crippen MR) is 130 cm³/mol. The van der Waals surface area contributed by atoms with E-state index in [-0.39, 0.29) is 11.7 Å². The summed E-state index contributed by atoms with van der Waals surface area (Å²) in [6.07, 6.45) is 3.32. The van der Waals surface area contributed by atoms with Crippen LogP contribution in [0.2, 0.25) is 0 Å². The van der Waals surface area contributed by atoms with Gasteiger partial charge in [-0.05, 0) is 48.9 Å². The van der Waals surface area contributed by atoms with Crippen LogP contribution in [0.1, 0.15) is 27.4 Å². The molecular formula is C25H17NO5S2. The molecule has 0 N–H and O–H groups in total. The van der Waals surface area contributed by atoms with Crippen LogP contribution in [-0.4, -0.2) is 21.1 Å². The number of para-hydroxylation sites is 1. The molecule has 2 aromatic carbocycles. The highest BCUT2D eigenvalue weighted by Crippen LogP contribution is 2.34. The number of fused-ring (bicyclic) bond motifs is 1. The van der Waals surface area contributed by atoms with Crippen LogP contribution in [0.3, 0.4) is 0 Å². The molecule has 0 saturated carbocycles. The summed E-state index contributed by atoms with van der Waals surface area (Å²) in [5.41, 5.74) is 2.17. The average molecular weight is 476 g/mol. The molecule has 0 aliphatic carbocycles. The van der Waals surface area contributed by atoms with Crippen LogP contribution < -0.4 is 4.74 Å². The van der Waals surface area contributed by atoms with E-state index in [1.807, 2.05) is 31.2 Å². The highest BCUT2D eigenvalue weighted by Gasteiger charge is 2.32. The van der Waals surface area contributed by atoms with Crippen LogP contribution in [0.25, 0.3) is 17.0 Å². The molecule has 6 nitrogen and oxygen atoms in total. The molecule has 4 aromatic rings. The maximum absolute atomic E-state index is 12.7. The van der Waals surface area contributed by atoms with Gasteiger partial charge >= 0.3 is 5.97 Å². The van der Waals surface area contributed by atoms with Gasteiger partial charge in [-0.2, -0.15) is 0 Å². The maximum atomic E-state index is 12.7. The number of furan rings is 2. The van der Waals surface area contributed by atoms with Gasteiger partial charge in [-0.1, -0.05) is 54.3 Å². The van der Waals surface area contributed by atoms with Gasteiger partial charge in [-0.15, -0.1) is 0 Å². The van der Waals surface area contributed by atoms with E-state index in [9.17, 15) is 9.59 Å². The van der Waals surface area contributed by atoms with Crippen molar-refractivity contribution in [2.45, 2.75) is 13.5 Å². The van der Waals surface area contributed by atoms with Gasteiger partial charge in [0.1, 0.15) is 21.4 Å². The molecule has 0 spiro atoms. The fourth-order valence-corrected chi connectivity index (χ4v) is 4.76.